The van der Waals surface area contributed by atoms with E-state index in [9.17, 15) is 4.79 Å². The number of furan rings is 1. The van der Waals surface area contributed by atoms with Crippen LogP contribution in [0.3, 0.4) is 0 Å². The molecule has 0 radical (unpaired) electrons. The van der Waals surface area contributed by atoms with Crippen molar-refractivity contribution in [3.63, 3.8) is 0 Å². The van der Waals surface area contributed by atoms with Crippen LogP contribution in [0.2, 0.25) is 0 Å². The van der Waals surface area contributed by atoms with Crippen LogP contribution in [-0.2, 0) is 6.42 Å². The van der Waals surface area contributed by atoms with Gasteiger partial charge in [0.25, 0.3) is 5.91 Å². The van der Waals surface area contributed by atoms with Crippen LogP contribution in [0, 0.1) is 0 Å². The molecule has 0 bridgehead atoms. The number of benzene rings is 1. The molecule has 4 nitrogen and oxygen atoms in total. The lowest BCUT2D eigenvalue weighted by molar-refractivity contribution is 0.102. The summed E-state index contributed by atoms with van der Waals surface area (Å²) >= 11 is 0. The van der Waals surface area contributed by atoms with E-state index < -0.39 is 0 Å². The van der Waals surface area contributed by atoms with Crippen molar-refractivity contribution in [2.24, 2.45) is 0 Å². The van der Waals surface area contributed by atoms with E-state index in [0.29, 0.717) is 12.0 Å². The maximum Gasteiger partial charge on any atom is 0.258 e. The van der Waals surface area contributed by atoms with Crippen LogP contribution in [-0.4, -0.2) is 17.6 Å². The summed E-state index contributed by atoms with van der Waals surface area (Å²) in [6.45, 7) is 0.126. The first-order valence-corrected chi connectivity index (χ1v) is 5.33. The second-order valence-corrected chi connectivity index (χ2v) is 3.64. The molecule has 2 N–H and O–H groups in total. The van der Waals surface area contributed by atoms with Crippen LogP contribution in [0.1, 0.15) is 15.9 Å². The van der Waals surface area contributed by atoms with Gasteiger partial charge in [-0.05, 0) is 30.2 Å². The molecule has 0 atom stereocenters. The highest BCUT2D eigenvalue weighted by Crippen LogP contribution is 2.11. The van der Waals surface area contributed by atoms with Gasteiger partial charge in [-0.15, -0.1) is 0 Å². The lowest BCUT2D eigenvalue weighted by atomic mass is 10.1. The Hall–Kier alpha value is -2.07. The fourth-order valence-corrected chi connectivity index (χ4v) is 1.48. The second kappa shape index (κ2) is 5.32. The molecule has 0 saturated heterocycles. The zero-order valence-electron chi connectivity index (χ0n) is 9.22. The summed E-state index contributed by atoms with van der Waals surface area (Å²) < 4.78 is 4.84. The number of hydrogen-bond donors (Lipinski definition) is 2. The summed E-state index contributed by atoms with van der Waals surface area (Å²) in [4.78, 5) is 11.7. The number of hydrogen-bond acceptors (Lipinski definition) is 3. The monoisotopic (exact) mass is 231 g/mol. The zero-order chi connectivity index (χ0) is 12.1. The van der Waals surface area contributed by atoms with Gasteiger partial charge in [0, 0.05) is 12.3 Å². The summed E-state index contributed by atoms with van der Waals surface area (Å²) in [5.41, 5.74) is 2.25. The number of aliphatic hydroxyl groups is 1. The molecule has 17 heavy (non-hydrogen) atoms. The van der Waals surface area contributed by atoms with Crippen LogP contribution >= 0.6 is 0 Å². The van der Waals surface area contributed by atoms with Crippen LogP contribution in [0.25, 0.3) is 0 Å². The van der Waals surface area contributed by atoms with Crippen LogP contribution in [0.15, 0.2) is 47.3 Å². The minimum atomic E-state index is -0.200. The Kier molecular flexibility index (Phi) is 3.57. The molecule has 1 amide bonds. The predicted molar refractivity (Wildman–Crippen MR) is 63.9 cm³/mol. The summed E-state index contributed by atoms with van der Waals surface area (Å²) in [5.74, 6) is -0.200. The average molecular weight is 231 g/mol. The standard InChI is InChI=1S/C13H13NO3/c15-7-5-10-1-3-12(4-2-10)14-13(16)11-6-8-17-9-11/h1-4,6,8-9,15H,5,7H2,(H,14,16). The number of amides is 1. The van der Waals surface area contributed by atoms with Crippen LogP contribution in [0.4, 0.5) is 5.69 Å². The Morgan fingerprint density at radius 3 is 2.59 bits per heavy atom. The van der Waals surface area contributed by atoms with Crippen LogP contribution in [0.5, 0.6) is 0 Å². The molecule has 1 heterocycles. The quantitative estimate of drug-likeness (QED) is 0.846. The Morgan fingerprint density at radius 2 is 2.00 bits per heavy atom. The maximum atomic E-state index is 11.7. The second-order valence-electron chi connectivity index (χ2n) is 3.64. The number of aliphatic hydroxyl groups excluding tert-OH is 1. The van der Waals surface area contributed by atoms with Crippen molar-refractivity contribution in [3.8, 4) is 0 Å². The fraction of sp³-hybridized carbons (Fsp3) is 0.154. The van der Waals surface area contributed by atoms with E-state index in [0.717, 1.165) is 11.3 Å². The van der Waals surface area contributed by atoms with E-state index in [4.69, 9.17) is 9.52 Å². The summed E-state index contributed by atoms with van der Waals surface area (Å²) in [5, 5.41) is 11.5. The molecule has 88 valence electrons. The molecule has 0 aliphatic rings. The largest absolute Gasteiger partial charge is 0.472 e. The van der Waals surface area contributed by atoms with Gasteiger partial charge >= 0.3 is 0 Å². The van der Waals surface area contributed by atoms with Gasteiger partial charge in [-0.25, -0.2) is 0 Å². The van der Waals surface area contributed by atoms with E-state index in [1.165, 1.54) is 12.5 Å². The van der Waals surface area contributed by atoms with Crippen molar-refractivity contribution in [1.29, 1.82) is 0 Å². The molecule has 2 aromatic rings. The highest BCUT2D eigenvalue weighted by atomic mass is 16.3. The van der Waals surface area contributed by atoms with E-state index in [-0.39, 0.29) is 12.5 Å². The smallest absolute Gasteiger partial charge is 0.258 e. The average Bonchev–Trinajstić information content (AvgIpc) is 2.86. The van der Waals surface area contributed by atoms with E-state index in [1.807, 2.05) is 24.3 Å². The molecule has 1 aromatic carbocycles. The number of carbonyl (C=O) groups is 1. The predicted octanol–water partition coefficient (Wildman–Crippen LogP) is 2.07. The first kappa shape index (κ1) is 11.4. The van der Waals surface area contributed by atoms with Crippen molar-refractivity contribution in [2.75, 3.05) is 11.9 Å². The topological polar surface area (TPSA) is 62.5 Å². The third-order valence-corrected chi connectivity index (χ3v) is 2.40. The first-order valence-electron chi connectivity index (χ1n) is 5.33. The Labute approximate surface area is 98.9 Å². The van der Waals surface area contributed by atoms with Gasteiger partial charge < -0.3 is 14.8 Å². The molecular formula is C13H13NO3. The van der Waals surface area contributed by atoms with Crippen molar-refractivity contribution in [2.45, 2.75) is 6.42 Å². The summed E-state index contributed by atoms with van der Waals surface area (Å²) in [7, 11) is 0. The van der Waals surface area contributed by atoms with Gasteiger partial charge in [0.2, 0.25) is 0 Å². The molecule has 4 heteroatoms. The summed E-state index contributed by atoms with van der Waals surface area (Å²) in [6, 6.07) is 8.98. The third-order valence-electron chi connectivity index (χ3n) is 2.40. The van der Waals surface area contributed by atoms with Gasteiger partial charge in [0.15, 0.2) is 0 Å². The summed E-state index contributed by atoms with van der Waals surface area (Å²) in [6.07, 6.45) is 3.48. The van der Waals surface area contributed by atoms with Crippen molar-refractivity contribution in [3.05, 3.63) is 54.0 Å². The van der Waals surface area contributed by atoms with Crippen molar-refractivity contribution in [1.82, 2.24) is 0 Å². The van der Waals surface area contributed by atoms with Crippen molar-refractivity contribution >= 4 is 11.6 Å². The Bertz CT molecular complexity index is 474. The lowest BCUT2D eigenvalue weighted by Crippen LogP contribution is -2.10. The molecule has 0 spiro atoms. The van der Waals surface area contributed by atoms with Gasteiger partial charge in [0.05, 0.1) is 11.8 Å². The molecule has 1 aromatic heterocycles. The zero-order valence-corrected chi connectivity index (χ0v) is 9.22. The molecule has 2 rings (SSSR count). The number of rotatable bonds is 4. The molecule has 0 aliphatic carbocycles. The van der Waals surface area contributed by atoms with E-state index >= 15 is 0 Å². The number of carbonyl (C=O) groups excluding carboxylic acids is 1. The SMILES string of the molecule is O=C(Nc1ccc(CCO)cc1)c1ccoc1. The minimum Gasteiger partial charge on any atom is -0.472 e. The molecular weight excluding hydrogens is 218 g/mol. The minimum absolute atomic E-state index is 0.126. The number of anilines is 1. The normalized spacial score (nSPS) is 10.2. The molecule has 0 aliphatic heterocycles. The van der Waals surface area contributed by atoms with E-state index in [1.54, 1.807) is 6.07 Å². The molecule has 0 saturated carbocycles. The van der Waals surface area contributed by atoms with Gasteiger partial charge in [0.1, 0.15) is 6.26 Å². The third kappa shape index (κ3) is 2.95. The Morgan fingerprint density at radius 1 is 1.24 bits per heavy atom. The van der Waals surface area contributed by atoms with Crippen molar-refractivity contribution < 1.29 is 14.3 Å². The number of nitrogens with one attached hydrogen (secondary N) is 1. The molecule has 0 unspecified atom stereocenters. The lowest BCUT2D eigenvalue weighted by Gasteiger charge is -2.04. The first-order chi connectivity index (χ1) is 8.29. The fourth-order valence-electron chi connectivity index (χ4n) is 1.48. The van der Waals surface area contributed by atoms with Crippen LogP contribution < -0.4 is 5.32 Å². The maximum absolute atomic E-state index is 11.7. The van der Waals surface area contributed by atoms with E-state index in [2.05, 4.69) is 5.32 Å². The highest BCUT2D eigenvalue weighted by molar-refractivity contribution is 6.03. The Balaban J connectivity index is 2.01. The molecule has 0 fully saturated rings. The van der Waals surface area contributed by atoms with Gasteiger partial charge in [-0.2, -0.15) is 0 Å². The van der Waals surface area contributed by atoms with Gasteiger partial charge in [-0.3, -0.25) is 4.79 Å². The van der Waals surface area contributed by atoms with Gasteiger partial charge in [-0.1, -0.05) is 12.1 Å². The highest BCUT2D eigenvalue weighted by Gasteiger charge is 2.06.